The summed E-state index contributed by atoms with van der Waals surface area (Å²) in [6, 6.07) is 0. The monoisotopic (exact) mass is 1060 g/mol. The van der Waals surface area contributed by atoms with Crippen LogP contribution in [0.25, 0.3) is 0 Å². The topological polar surface area (TPSA) is 225 Å². The summed E-state index contributed by atoms with van der Waals surface area (Å²) in [6.45, 7) is 0.328. The van der Waals surface area contributed by atoms with Gasteiger partial charge in [-0.1, -0.05) is 170 Å². The zero-order chi connectivity index (χ0) is 53.1. The van der Waals surface area contributed by atoms with Crippen molar-refractivity contribution in [3.8, 4) is 0 Å². The zero-order valence-electron chi connectivity index (χ0n) is 44.1. The lowest BCUT2D eigenvalue weighted by Gasteiger charge is -2.19. The van der Waals surface area contributed by atoms with E-state index in [1.54, 1.807) is 0 Å². The molecule has 0 heterocycles. The average Bonchev–Trinajstić information content (AvgIpc) is 3.36. The van der Waals surface area contributed by atoms with Crippen LogP contribution >= 0.6 is 15.6 Å². The number of phosphoric acid groups is 2. The molecule has 0 aromatic rings. The van der Waals surface area contributed by atoms with E-state index < -0.39 is 85.5 Å². The first-order valence-corrected chi connectivity index (χ1v) is 29.9. The van der Waals surface area contributed by atoms with Crippen LogP contribution in [0, 0.1) is 0 Å². The smallest absolute Gasteiger partial charge is 0.463 e. The summed E-state index contributed by atoms with van der Waals surface area (Å²) in [5.74, 6) is -1.03. The van der Waals surface area contributed by atoms with Crippen LogP contribution < -0.4 is 0 Å². The molecule has 0 aromatic carbocycles. The van der Waals surface area contributed by atoms with E-state index in [1.807, 2.05) is 0 Å². The number of phosphoric ester groups is 2. The second-order valence-corrected chi connectivity index (χ2v) is 20.8. The van der Waals surface area contributed by atoms with Crippen molar-refractivity contribution in [3.05, 3.63) is 85.1 Å². The first-order chi connectivity index (χ1) is 34.8. The van der Waals surface area contributed by atoms with Crippen molar-refractivity contribution >= 4 is 27.6 Å². The molecule has 0 radical (unpaired) electrons. The number of unbranched alkanes of at least 4 members (excludes halogenated alkanes) is 17. The molecule has 0 rings (SSSR count). The third-order valence-corrected chi connectivity index (χ3v) is 12.7. The third kappa shape index (κ3) is 52.1. The highest BCUT2D eigenvalue weighted by Crippen LogP contribution is 2.45. The van der Waals surface area contributed by atoms with Crippen molar-refractivity contribution in [3.63, 3.8) is 0 Å². The number of hydrogen-bond acceptors (Lipinski definition) is 13. The average molecular weight is 1060 g/mol. The molecular weight excluding hydrogens is 963 g/mol. The van der Waals surface area contributed by atoms with Crippen LogP contribution in [-0.4, -0.2) is 95.0 Å². The number of ether oxygens (including phenoxy) is 2. The normalized spacial score (nSPS) is 15.5. The van der Waals surface area contributed by atoms with Crippen LogP contribution in [0.5, 0.6) is 0 Å². The van der Waals surface area contributed by atoms with Crippen LogP contribution in [0.1, 0.15) is 194 Å². The highest BCUT2D eigenvalue weighted by molar-refractivity contribution is 7.47. The van der Waals surface area contributed by atoms with Gasteiger partial charge in [-0.3, -0.25) is 27.7 Å². The Kier molecular flexibility index (Phi) is 48.4. The molecular formula is C55H96O15P2. The molecule has 0 aliphatic rings. The highest BCUT2D eigenvalue weighted by atomic mass is 31.2. The van der Waals surface area contributed by atoms with Gasteiger partial charge in [0.25, 0.3) is 0 Å². The number of aliphatic hydroxyl groups is 3. The minimum atomic E-state index is -4.80. The lowest BCUT2D eigenvalue weighted by atomic mass is 10.1. The molecule has 0 aliphatic heterocycles. The standard InChI is InChI=1S/C55H96O15P2/c1-3-5-7-9-11-13-15-17-19-21-23-24-26-28-30-32-34-36-38-40-42-44-55(60)66-46-52(57)48-68-72(63,64)70-50-53(58)49-69-71(61,62)67-47-51(56)45-65-54(59)43-41-39-37-35-33-31-29-27-25-22-20-18-16-14-12-10-8-6-4-2/h11-14,17-20,23-25,27-28,30,51-53,56-58H,3-10,15-16,21-22,26,29,31-50H2,1-2H3,(H,61,62)(H,63,64)/b13-11-,14-12-,19-17-,20-18-,24-23-,27-25-,30-28-. The molecule has 0 amide bonds. The first kappa shape index (κ1) is 69.2. The predicted octanol–water partition coefficient (Wildman–Crippen LogP) is 13.3. The van der Waals surface area contributed by atoms with Crippen LogP contribution in [0.2, 0.25) is 0 Å². The number of carbonyl (C=O) groups is 2. The van der Waals surface area contributed by atoms with E-state index in [0.717, 1.165) is 103 Å². The Morgan fingerprint density at radius 3 is 0.889 bits per heavy atom. The van der Waals surface area contributed by atoms with E-state index in [4.69, 9.17) is 18.5 Å². The number of hydrogen-bond donors (Lipinski definition) is 5. The van der Waals surface area contributed by atoms with Crippen LogP contribution in [0.4, 0.5) is 0 Å². The van der Waals surface area contributed by atoms with Gasteiger partial charge < -0.3 is 34.6 Å². The van der Waals surface area contributed by atoms with Gasteiger partial charge in [0.05, 0.1) is 26.4 Å². The molecule has 15 nitrogen and oxygen atoms in total. The molecule has 0 fully saturated rings. The molecule has 5 N–H and O–H groups in total. The molecule has 0 aliphatic carbocycles. The summed E-state index contributed by atoms with van der Waals surface area (Å²) in [5.41, 5.74) is 0. The van der Waals surface area contributed by atoms with Gasteiger partial charge >= 0.3 is 27.6 Å². The number of carbonyl (C=O) groups excluding carboxylic acids is 2. The third-order valence-electron chi connectivity index (χ3n) is 10.8. The van der Waals surface area contributed by atoms with Crippen molar-refractivity contribution in [2.24, 2.45) is 0 Å². The predicted molar refractivity (Wildman–Crippen MR) is 288 cm³/mol. The van der Waals surface area contributed by atoms with Gasteiger partial charge in [0.15, 0.2) is 0 Å². The fourth-order valence-corrected chi connectivity index (χ4v) is 8.20. The molecule has 0 saturated carbocycles. The molecule has 0 saturated heterocycles. The van der Waals surface area contributed by atoms with Crippen LogP contribution in [0.15, 0.2) is 85.1 Å². The lowest BCUT2D eigenvalue weighted by molar-refractivity contribution is -0.148. The zero-order valence-corrected chi connectivity index (χ0v) is 45.9. The molecule has 5 unspecified atom stereocenters. The maximum atomic E-state index is 12.2. The van der Waals surface area contributed by atoms with Crippen molar-refractivity contribution in [1.82, 2.24) is 0 Å². The minimum absolute atomic E-state index is 0.172. The van der Waals surface area contributed by atoms with Crippen molar-refractivity contribution in [2.45, 2.75) is 212 Å². The lowest BCUT2D eigenvalue weighted by Crippen LogP contribution is -2.25. The van der Waals surface area contributed by atoms with Crippen LogP contribution in [0.3, 0.4) is 0 Å². The van der Waals surface area contributed by atoms with Gasteiger partial charge in [-0.2, -0.15) is 0 Å². The van der Waals surface area contributed by atoms with Gasteiger partial charge in [0, 0.05) is 12.8 Å². The molecule has 72 heavy (non-hydrogen) atoms. The van der Waals surface area contributed by atoms with Gasteiger partial charge in [0.2, 0.25) is 0 Å². The second-order valence-electron chi connectivity index (χ2n) is 17.9. The second kappa shape index (κ2) is 50.4. The van der Waals surface area contributed by atoms with Crippen molar-refractivity contribution in [2.75, 3.05) is 39.6 Å². The number of esters is 2. The summed E-state index contributed by atoms with van der Waals surface area (Å²) in [4.78, 5) is 43.9. The van der Waals surface area contributed by atoms with Crippen molar-refractivity contribution < 1.29 is 71.4 Å². The molecule has 416 valence electrons. The minimum Gasteiger partial charge on any atom is -0.463 e. The Morgan fingerprint density at radius 1 is 0.361 bits per heavy atom. The van der Waals surface area contributed by atoms with E-state index in [1.165, 1.54) is 51.4 Å². The number of rotatable bonds is 51. The first-order valence-electron chi connectivity index (χ1n) is 26.9. The Bertz CT molecular complexity index is 1610. The molecule has 0 aromatic heterocycles. The van der Waals surface area contributed by atoms with Crippen LogP contribution in [-0.2, 0) is 46.3 Å². The fourth-order valence-electron chi connectivity index (χ4n) is 6.61. The Balaban J connectivity index is 3.90. The number of allylic oxidation sites excluding steroid dienone is 14. The fraction of sp³-hybridized carbons (Fsp3) is 0.709. The van der Waals surface area contributed by atoms with Gasteiger partial charge in [-0.05, 0) is 96.3 Å². The molecule has 0 bridgehead atoms. The van der Waals surface area contributed by atoms with Gasteiger partial charge in [-0.25, -0.2) is 9.13 Å². The Labute approximate surface area is 434 Å². The van der Waals surface area contributed by atoms with E-state index >= 15 is 0 Å². The summed E-state index contributed by atoms with van der Waals surface area (Å²) < 4.78 is 53.1. The van der Waals surface area contributed by atoms with Gasteiger partial charge in [-0.15, -0.1) is 0 Å². The number of aliphatic hydroxyl groups excluding tert-OH is 3. The summed E-state index contributed by atoms with van der Waals surface area (Å²) in [6.07, 6.45) is 54.1. The summed E-state index contributed by atoms with van der Waals surface area (Å²) in [7, 11) is -9.60. The van der Waals surface area contributed by atoms with E-state index in [0.29, 0.717) is 12.8 Å². The van der Waals surface area contributed by atoms with E-state index in [9.17, 15) is 43.8 Å². The van der Waals surface area contributed by atoms with E-state index in [-0.39, 0.29) is 12.8 Å². The Morgan fingerprint density at radius 2 is 0.597 bits per heavy atom. The summed E-state index contributed by atoms with van der Waals surface area (Å²) >= 11 is 0. The SMILES string of the molecule is CCCCC/C=C\C/C=C\C/C=C\C/C=C\CCCCCCCC(=O)OCC(O)COP(=O)(O)OCC(O)COP(=O)(O)OCC(O)COC(=O)CCCCCCCC/C=C\C/C=C\C/C=C\CCCCC. The van der Waals surface area contributed by atoms with E-state index in [2.05, 4.69) is 108 Å². The maximum Gasteiger partial charge on any atom is 0.472 e. The maximum absolute atomic E-state index is 12.2. The highest BCUT2D eigenvalue weighted by Gasteiger charge is 2.28. The molecule has 0 spiro atoms. The molecule has 5 atom stereocenters. The summed E-state index contributed by atoms with van der Waals surface area (Å²) in [5, 5.41) is 30.1. The van der Waals surface area contributed by atoms with Gasteiger partial charge in [0.1, 0.15) is 31.5 Å². The molecule has 17 heteroatoms. The quantitative estimate of drug-likeness (QED) is 0.0165. The van der Waals surface area contributed by atoms with Crippen molar-refractivity contribution in [1.29, 1.82) is 0 Å². The largest absolute Gasteiger partial charge is 0.472 e. The Hall–Kier alpha value is -2.78.